The minimum absolute atomic E-state index is 0.0277. The number of hydrogen-bond acceptors (Lipinski definition) is 5. The number of nitro groups is 1. The van der Waals surface area contributed by atoms with Crippen LogP contribution in [0.25, 0.3) is 16.2 Å². The fourth-order valence-electron chi connectivity index (χ4n) is 2.17. The highest BCUT2D eigenvalue weighted by atomic mass is 32.1. The van der Waals surface area contributed by atoms with Crippen LogP contribution in [0.2, 0.25) is 0 Å². The first-order valence-corrected chi connectivity index (χ1v) is 7.03. The molecule has 106 valence electrons. The van der Waals surface area contributed by atoms with Crippen molar-refractivity contribution in [1.82, 2.24) is 9.38 Å². The van der Waals surface area contributed by atoms with Crippen LogP contribution in [0.1, 0.15) is 22.3 Å². The van der Waals surface area contributed by atoms with Crippen molar-refractivity contribution < 1.29 is 9.72 Å². The van der Waals surface area contributed by atoms with Gasteiger partial charge in [0.25, 0.3) is 5.69 Å². The van der Waals surface area contributed by atoms with Crippen LogP contribution in [0.4, 0.5) is 5.69 Å². The first-order valence-electron chi connectivity index (χ1n) is 6.21. The molecular formula is C14H11N3O3S. The van der Waals surface area contributed by atoms with E-state index in [1.807, 2.05) is 17.5 Å². The number of thiazole rings is 1. The highest BCUT2D eigenvalue weighted by Gasteiger charge is 2.15. The van der Waals surface area contributed by atoms with Crippen LogP contribution in [0, 0.1) is 17.0 Å². The molecule has 1 aromatic carbocycles. The van der Waals surface area contributed by atoms with E-state index < -0.39 is 4.92 Å². The molecule has 0 amide bonds. The van der Waals surface area contributed by atoms with E-state index in [1.165, 1.54) is 30.4 Å². The maximum absolute atomic E-state index is 11.5. The van der Waals surface area contributed by atoms with E-state index in [0.717, 1.165) is 21.9 Å². The SMILES string of the molecule is CC(=O)c1sc2nc(-c3ccc([N+](=O)[O-])cc3)cn2c1C. The lowest BCUT2D eigenvalue weighted by molar-refractivity contribution is -0.384. The molecule has 0 atom stereocenters. The number of nitrogens with zero attached hydrogens (tertiary/aromatic N) is 3. The maximum atomic E-state index is 11.5. The van der Waals surface area contributed by atoms with Gasteiger partial charge in [0.15, 0.2) is 10.7 Å². The summed E-state index contributed by atoms with van der Waals surface area (Å²) in [5.74, 6) is 0.0277. The number of benzene rings is 1. The van der Waals surface area contributed by atoms with Gasteiger partial charge in [-0.2, -0.15) is 0 Å². The molecule has 3 rings (SSSR count). The second-order valence-electron chi connectivity index (χ2n) is 4.66. The van der Waals surface area contributed by atoms with E-state index in [-0.39, 0.29) is 11.5 Å². The monoisotopic (exact) mass is 301 g/mol. The maximum Gasteiger partial charge on any atom is 0.269 e. The number of carbonyl (C=O) groups excluding carboxylic acids is 1. The molecule has 0 saturated carbocycles. The van der Waals surface area contributed by atoms with Crippen molar-refractivity contribution in [3.05, 3.63) is 51.1 Å². The molecule has 0 spiro atoms. The molecule has 2 heterocycles. The van der Waals surface area contributed by atoms with E-state index in [0.29, 0.717) is 4.88 Å². The number of ketones is 1. The fraction of sp³-hybridized carbons (Fsp3) is 0.143. The zero-order chi connectivity index (χ0) is 15.1. The van der Waals surface area contributed by atoms with Gasteiger partial charge in [-0.1, -0.05) is 11.3 Å². The Bertz CT molecular complexity index is 862. The molecule has 2 aromatic heterocycles. The van der Waals surface area contributed by atoms with Gasteiger partial charge >= 0.3 is 0 Å². The lowest BCUT2D eigenvalue weighted by Crippen LogP contribution is -1.92. The van der Waals surface area contributed by atoms with Gasteiger partial charge in [-0.3, -0.25) is 19.3 Å². The molecule has 21 heavy (non-hydrogen) atoms. The Balaban J connectivity index is 2.05. The van der Waals surface area contributed by atoms with Crippen LogP contribution in [-0.2, 0) is 0 Å². The first kappa shape index (κ1) is 13.4. The minimum Gasteiger partial charge on any atom is -0.294 e. The van der Waals surface area contributed by atoms with Crippen molar-refractivity contribution in [3.8, 4) is 11.3 Å². The van der Waals surface area contributed by atoms with Gasteiger partial charge in [0.05, 0.1) is 15.5 Å². The largest absolute Gasteiger partial charge is 0.294 e. The van der Waals surface area contributed by atoms with Crippen molar-refractivity contribution in [2.24, 2.45) is 0 Å². The van der Waals surface area contributed by atoms with E-state index >= 15 is 0 Å². The van der Waals surface area contributed by atoms with Crippen LogP contribution >= 0.6 is 11.3 Å². The average molecular weight is 301 g/mol. The van der Waals surface area contributed by atoms with Crippen molar-refractivity contribution in [1.29, 1.82) is 0 Å². The van der Waals surface area contributed by atoms with Gasteiger partial charge in [0.1, 0.15) is 0 Å². The zero-order valence-corrected chi connectivity index (χ0v) is 12.2. The van der Waals surface area contributed by atoms with Crippen molar-refractivity contribution in [3.63, 3.8) is 0 Å². The molecule has 0 N–H and O–H groups in total. The third-order valence-corrected chi connectivity index (χ3v) is 4.51. The van der Waals surface area contributed by atoms with E-state index in [1.54, 1.807) is 12.1 Å². The molecule has 0 saturated heterocycles. The molecule has 3 aromatic rings. The first-order chi connectivity index (χ1) is 9.97. The number of Topliss-reactive ketones (excluding diaryl/α,β-unsaturated/α-hetero) is 1. The Morgan fingerprint density at radius 2 is 2.00 bits per heavy atom. The summed E-state index contributed by atoms with van der Waals surface area (Å²) in [4.78, 5) is 27.6. The van der Waals surface area contributed by atoms with Crippen molar-refractivity contribution >= 4 is 27.8 Å². The standard InChI is InChI=1S/C14H11N3O3S/c1-8-13(9(2)18)21-14-15-12(7-16(8)14)10-3-5-11(6-4-10)17(19)20/h3-7H,1-2H3. The molecule has 0 aliphatic carbocycles. The summed E-state index contributed by atoms with van der Waals surface area (Å²) >= 11 is 1.35. The highest BCUT2D eigenvalue weighted by Crippen LogP contribution is 2.28. The molecule has 0 bridgehead atoms. The third-order valence-electron chi connectivity index (χ3n) is 3.25. The number of non-ortho nitro benzene ring substituents is 1. The summed E-state index contributed by atoms with van der Waals surface area (Å²) in [5, 5.41) is 10.6. The summed E-state index contributed by atoms with van der Waals surface area (Å²) in [5.41, 5.74) is 2.45. The van der Waals surface area contributed by atoms with Crippen LogP contribution < -0.4 is 0 Å². The predicted molar refractivity (Wildman–Crippen MR) is 79.9 cm³/mol. The van der Waals surface area contributed by atoms with Gasteiger partial charge in [-0.15, -0.1) is 0 Å². The Morgan fingerprint density at radius 3 is 2.52 bits per heavy atom. The molecular weight excluding hydrogens is 290 g/mol. The Morgan fingerprint density at radius 1 is 1.33 bits per heavy atom. The van der Waals surface area contributed by atoms with Crippen LogP contribution in [0.3, 0.4) is 0 Å². The number of nitro benzene ring substituents is 1. The van der Waals surface area contributed by atoms with Gasteiger partial charge in [-0.05, 0) is 19.1 Å². The topological polar surface area (TPSA) is 77.5 Å². The van der Waals surface area contributed by atoms with E-state index in [2.05, 4.69) is 4.98 Å². The number of hydrogen-bond donors (Lipinski definition) is 0. The normalized spacial score (nSPS) is 11.0. The number of imidazole rings is 1. The molecule has 0 aliphatic rings. The number of aryl methyl sites for hydroxylation is 1. The Hall–Kier alpha value is -2.54. The smallest absolute Gasteiger partial charge is 0.269 e. The van der Waals surface area contributed by atoms with Crippen LogP contribution in [-0.4, -0.2) is 20.1 Å². The van der Waals surface area contributed by atoms with E-state index in [9.17, 15) is 14.9 Å². The second kappa shape index (κ2) is 4.78. The molecule has 6 nitrogen and oxygen atoms in total. The fourth-order valence-corrected chi connectivity index (χ4v) is 3.17. The third kappa shape index (κ3) is 2.21. The lowest BCUT2D eigenvalue weighted by atomic mass is 10.1. The predicted octanol–water partition coefficient (Wildman–Crippen LogP) is 3.48. The summed E-state index contributed by atoms with van der Waals surface area (Å²) in [6.07, 6.45) is 1.84. The molecule has 0 unspecified atom stereocenters. The summed E-state index contributed by atoms with van der Waals surface area (Å²) in [7, 11) is 0. The van der Waals surface area contributed by atoms with Crippen LogP contribution in [0.5, 0.6) is 0 Å². The van der Waals surface area contributed by atoms with Gasteiger partial charge in [0, 0.05) is 36.5 Å². The van der Waals surface area contributed by atoms with Crippen molar-refractivity contribution in [2.45, 2.75) is 13.8 Å². The van der Waals surface area contributed by atoms with Gasteiger partial charge in [-0.25, -0.2) is 4.98 Å². The number of aromatic nitrogens is 2. The quantitative estimate of drug-likeness (QED) is 0.421. The Labute approximate surface area is 123 Å². The van der Waals surface area contributed by atoms with Gasteiger partial charge in [0.2, 0.25) is 0 Å². The number of rotatable bonds is 3. The van der Waals surface area contributed by atoms with E-state index in [4.69, 9.17) is 0 Å². The average Bonchev–Trinajstić information content (AvgIpc) is 2.99. The number of fused-ring (bicyclic) bond motifs is 1. The zero-order valence-electron chi connectivity index (χ0n) is 11.4. The molecule has 0 aliphatic heterocycles. The van der Waals surface area contributed by atoms with Crippen molar-refractivity contribution in [2.75, 3.05) is 0 Å². The minimum atomic E-state index is -0.432. The summed E-state index contributed by atoms with van der Waals surface area (Å²) in [6.45, 7) is 3.41. The lowest BCUT2D eigenvalue weighted by Gasteiger charge is -1.96. The summed E-state index contributed by atoms with van der Waals surface area (Å²) in [6, 6.07) is 6.25. The molecule has 0 radical (unpaired) electrons. The highest BCUT2D eigenvalue weighted by molar-refractivity contribution is 7.19. The number of carbonyl (C=O) groups is 1. The van der Waals surface area contributed by atoms with Gasteiger partial charge < -0.3 is 0 Å². The van der Waals surface area contributed by atoms with Crippen LogP contribution in [0.15, 0.2) is 30.5 Å². The second-order valence-corrected chi connectivity index (χ2v) is 5.63. The summed E-state index contributed by atoms with van der Waals surface area (Å²) < 4.78 is 1.87. The Kier molecular flexibility index (Phi) is 3.06. The molecule has 0 fully saturated rings. The molecule has 7 heteroatoms.